The number of aliphatic hydroxyl groups is 1. The Morgan fingerprint density at radius 2 is 2.00 bits per heavy atom. The standard InChI is InChI=1S/C27H30ClN5O8/c1-5-39-20-12-17(24-23(26(35)38-4)15(2)31-27(36)32-24)6-7-19(20)41-14-22(34)33-30-13-16-10-18(28)25(40-9-8-29)21(11-16)37-3/h6-7,10-13,22,24,33-34H,5,9,14H2,1-4H3,(H2,31,32,36)/b30-13-/t22-,24+/m0/s1. The molecule has 41 heavy (non-hydrogen) atoms. The van der Waals surface area contributed by atoms with Gasteiger partial charge in [-0.2, -0.15) is 10.4 Å². The van der Waals surface area contributed by atoms with E-state index in [1.165, 1.54) is 20.4 Å². The Kier molecular flexibility index (Phi) is 11.0. The van der Waals surface area contributed by atoms with Gasteiger partial charge in [-0.15, -0.1) is 0 Å². The van der Waals surface area contributed by atoms with Crippen LogP contribution in [0.3, 0.4) is 0 Å². The molecule has 0 spiro atoms. The molecule has 1 aliphatic rings. The predicted molar refractivity (Wildman–Crippen MR) is 148 cm³/mol. The summed E-state index contributed by atoms with van der Waals surface area (Å²) in [6, 6.07) is 8.72. The maximum atomic E-state index is 12.4. The van der Waals surface area contributed by atoms with Gasteiger partial charge in [-0.3, -0.25) is 5.43 Å². The molecule has 2 amide bonds. The third-order valence-electron chi connectivity index (χ3n) is 5.64. The van der Waals surface area contributed by atoms with Gasteiger partial charge in [0.2, 0.25) is 0 Å². The highest BCUT2D eigenvalue weighted by atomic mass is 35.5. The van der Waals surface area contributed by atoms with E-state index in [2.05, 4.69) is 21.2 Å². The van der Waals surface area contributed by atoms with Crippen molar-refractivity contribution in [3.05, 3.63) is 57.8 Å². The number of amides is 2. The molecule has 4 N–H and O–H groups in total. The van der Waals surface area contributed by atoms with E-state index in [0.29, 0.717) is 40.7 Å². The van der Waals surface area contributed by atoms with Crippen LogP contribution < -0.4 is 35.0 Å². The molecule has 0 saturated carbocycles. The number of allylic oxidation sites excluding steroid dienone is 1. The van der Waals surface area contributed by atoms with Crippen LogP contribution in [-0.2, 0) is 9.53 Å². The third-order valence-corrected chi connectivity index (χ3v) is 5.92. The molecular weight excluding hydrogens is 558 g/mol. The summed E-state index contributed by atoms with van der Waals surface area (Å²) in [6.45, 7) is 3.33. The molecule has 14 heteroatoms. The van der Waals surface area contributed by atoms with Gasteiger partial charge in [0.25, 0.3) is 0 Å². The third kappa shape index (κ3) is 7.93. The number of rotatable bonds is 13. The van der Waals surface area contributed by atoms with Crippen molar-refractivity contribution in [2.75, 3.05) is 34.0 Å². The van der Waals surface area contributed by atoms with Crippen molar-refractivity contribution in [3.8, 4) is 29.1 Å². The van der Waals surface area contributed by atoms with Crippen LogP contribution in [0.2, 0.25) is 5.02 Å². The van der Waals surface area contributed by atoms with E-state index in [4.69, 9.17) is 40.5 Å². The highest BCUT2D eigenvalue weighted by Crippen LogP contribution is 2.36. The predicted octanol–water partition coefficient (Wildman–Crippen LogP) is 2.77. The maximum absolute atomic E-state index is 12.4. The molecule has 1 aliphatic heterocycles. The molecule has 3 rings (SSSR count). The molecule has 0 bridgehead atoms. The molecule has 0 aliphatic carbocycles. The van der Waals surface area contributed by atoms with Crippen molar-refractivity contribution >= 4 is 29.8 Å². The number of nitrogens with zero attached hydrogens (tertiary/aromatic N) is 2. The molecule has 0 fully saturated rings. The van der Waals surface area contributed by atoms with Gasteiger partial charge >= 0.3 is 12.0 Å². The van der Waals surface area contributed by atoms with Crippen LogP contribution in [0.5, 0.6) is 23.0 Å². The van der Waals surface area contributed by atoms with Crippen LogP contribution >= 0.6 is 11.6 Å². The largest absolute Gasteiger partial charge is 0.493 e. The van der Waals surface area contributed by atoms with Gasteiger partial charge < -0.3 is 39.4 Å². The van der Waals surface area contributed by atoms with E-state index in [1.807, 2.05) is 6.07 Å². The highest BCUT2D eigenvalue weighted by molar-refractivity contribution is 6.32. The summed E-state index contributed by atoms with van der Waals surface area (Å²) >= 11 is 6.23. The van der Waals surface area contributed by atoms with Crippen LogP contribution in [0.4, 0.5) is 4.79 Å². The normalized spacial score (nSPS) is 15.3. The number of hydrazone groups is 1. The molecule has 2 aromatic rings. The van der Waals surface area contributed by atoms with Gasteiger partial charge in [-0.05, 0) is 49.2 Å². The second kappa shape index (κ2) is 14.6. The zero-order valence-corrected chi connectivity index (χ0v) is 23.6. The van der Waals surface area contributed by atoms with Crippen LogP contribution in [-0.4, -0.2) is 63.6 Å². The first kappa shape index (κ1) is 30.9. The van der Waals surface area contributed by atoms with Gasteiger partial charge in [0.15, 0.2) is 35.8 Å². The van der Waals surface area contributed by atoms with Crippen molar-refractivity contribution in [2.45, 2.75) is 26.1 Å². The number of hydrogen-bond acceptors (Lipinski definition) is 11. The molecule has 0 saturated heterocycles. The van der Waals surface area contributed by atoms with Crippen molar-refractivity contribution in [1.82, 2.24) is 16.1 Å². The first-order chi connectivity index (χ1) is 19.7. The lowest BCUT2D eigenvalue weighted by Crippen LogP contribution is -2.45. The van der Waals surface area contributed by atoms with Gasteiger partial charge in [0, 0.05) is 5.70 Å². The van der Waals surface area contributed by atoms with E-state index < -0.39 is 24.3 Å². The zero-order valence-electron chi connectivity index (χ0n) is 22.8. The lowest BCUT2D eigenvalue weighted by molar-refractivity contribution is -0.136. The zero-order chi connectivity index (χ0) is 29.9. The number of carbonyl (C=O) groups is 2. The SMILES string of the molecule is CCOc1cc([C@H]2NC(=O)NC(C)=C2C(=O)OC)ccc1OC[C@H](O)N/N=C\c1cc(Cl)c(OCC#N)c(OC)c1. The van der Waals surface area contributed by atoms with Gasteiger partial charge in [-0.25, -0.2) is 9.59 Å². The topological polar surface area (TPSA) is 173 Å². The summed E-state index contributed by atoms with van der Waals surface area (Å²) in [7, 11) is 2.70. The van der Waals surface area contributed by atoms with E-state index in [0.717, 1.165) is 0 Å². The minimum Gasteiger partial charge on any atom is -0.493 e. The lowest BCUT2D eigenvalue weighted by atomic mass is 9.95. The Morgan fingerprint density at radius 3 is 2.68 bits per heavy atom. The van der Waals surface area contributed by atoms with Crippen LogP contribution in [0.25, 0.3) is 0 Å². The molecular formula is C27H30ClN5O8. The number of halogens is 1. The van der Waals surface area contributed by atoms with Crippen molar-refractivity contribution in [3.63, 3.8) is 0 Å². The number of nitrogens with one attached hydrogen (secondary N) is 3. The second-order valence-corrected chi connectivity index (χ2v) is 8.80. The Hall–Kier alpha value is -4.67. The van der Waals surface area contributed by atoms with E-state index in [-0.39, 0.29) is 29.6 Å². The summed E-state index contributed by atoms with van der Waals surface area (Å²) in [5, 5.41) is 28.6. The van der Waals surface area contributed by atoms with Crippen molar-refractivity contribution in [1.29, 1.82) is 5.26 Å². The average molecular weight is 588 g/mol. The fraction of sp³-hybridized carbons (Fsp3) is 0.333. The molecule has 0 aromatic heterocycles. The number of urea groups is 1. The number of nitriles is 1. The summed E-state index contributed by atoms with van der Waals surface area (Å²) in [4.78, 5) is 24.5. The highest BCUT2D eigenvalue weighted by Gasteiger charge is 2.32. The smallest absolute Gasteiger partial charge is 0.337 e. The quantitative estimate of drug-likeness (QED) is 0.118. The van der Waals surface area contributed by atoms with Crippen LogP contribution in [0.1, 0.15) is 31.0 Å². The van der Waals surface area contributed by atoms with E-state index in [9.17, 15) is 14.7 Å². The minimum atomic E-state index is -1.20. The number of hydrogen-bond donors (Lipinski definition) is 4. The molecule has 13 nitrogen and oxygen atoms in total. The molecule has 0 unspecified atom stereocenters. The fourth-order valence-electron chi connectivity index (χ4n) is 3.88. The summed E-state index contributed by atoms with van der Waals surface area (Å²) in [5.74, 6) is 0.636. The summed E-state index contributed by atoms with van der Waals surface area (Å²) < 4.78 is 26.9. The van der Waals surface area contributed by atoms with Crippen LogP contribution in [0.15, 0.2) is 46.7 Å². The Bertz CT molecular complexity index is 1370. The first-order valence-corrected chi connectivity index (χ1v) is 12.7. The molecule has 218 valence electrons. The number of methoxy groups -OCH3 is 2. The minimum absolute atomic E-state index is 0.190. The Balaban J connectivity index is 1.69. The molecule has 0 radical (unpaired) electrons. The number of esters is 1. The summed E-state index contributed by atoms with van der Waals surface area (Å²) in [5.41, 5.74) is 4.29. The first-order valence-electron chi connectivity index (χ1n) is 12.3. The second-order valence-electron chi connectivity index (χ2n) is 8.40. The van der Waals surface area contributed by atoms with Gasteiger partial charge in [-0.1, -0.05) is 17.7 Å². The van der Waals surface area contributed by atoms with E-state index in [1.54, 1.807) is 44.2 Å². The number of ether oxygens (including phenoxy) is 5. The molecule has 2 aromatic carbocycles. The molecule has 2 atom stereocenters. The lowest BCUT2D eigenvalue weighted by Gasteiger charge is -2.28. The van der Waals surface area contributed by atoms with Crippen molar-refractivity contribution < 1.29 is 38.4 Å². The Labute approximate surface area is 241 Å². The van der Waals surface area contributed by atoms with Crippen LogP contribution in [0, 0.1) is 11.3 Å². The monoisotopic (exact) mass is 587 g/mol. The average Bonchev–Trinajstić information content (AvgIpc) is 2.95. The fourth-order valence-corrected chi connectivity index (χ4v) is 4.15. The number of benzene rings is 2. The van der Waals surface area contributed by atoms with Gasteiger partial charge in [0.1, 0.15) is 12.7 Å². The number of aliphatic hydroxyl groups excluding tert-OH is 1. The van der Waals surface area contributed by atoms with Gasteiger partial charge in [0.05, 0.1) is 43.7 Å². The Morgan fingerprint density at radius 1 is 1.22 bits per heavy atom. The van der Waals surface area contributed by atoms with Crippen molar-refractivity contribution in [2.24, 2.45) is 5.10 Å². The summed E-state index contributed by atoms with van der Waals surface area (Å²) in [6.07, 6.45) is 0.213. The van der Waals surface area contributed by atoms with E-state index >= 15 is 0 Å². The molecule has 1 heterocycles. The maximum Gasteiger partial charge on any atom is 0.337 e. The number of carbonyl (C=O) groups excluding carboxylic acids is 2.